The molecule has 2 N–H and O–H groups in total. The van der Waals surface area contributed by atoms with Gasteiger partial charge in [-0.25, -0.2) is 0 Å². The van der Waals surface area contributed by atoms with E-state index in [4.69, 9.17) is 9.84 Å². The molecule has 0 amide bonds. The zero-order chi connectivity index (χ0) is 8.81. The number of anilines is 1. The second-order valence-electron chi connectivity index (χ2n) is 2.22. The number of ether oxygens (including phenoxy) is 1. The Morgan fingerprint density at radius 3 is 3.08 bits per heavy atom. The normalized spacial score (nSPS) is 9.50. The Morgan fingerprint density at radius 1 is 1.58 bits per heavy atom. The predicted octanol–water partition coefficient (Wildman–Crippen LogP) is 0.494. The molecule has 1 heterocycles. The highest BCUT2D eigenvalue weighted by molar-refractivity contribution is 5.36. The first-order valence-corrected chi connectivity index (χ1v) is 3.72. The summed E-state index contributed by atoms with van der Waals surface area (Å²) < 4.78 is 4.92. The van der Waals surface area contributed by atoms with Gasteiger partial charge in [0, 0.05) is 12.6 Å². The Bertz CT molecular complexity index is 240. The molecule has 0 fully saturated rings. The standard InChI is InChI=1S/C8H12N2O2/c1-12-8-4-2-3-7(10-8)9-5-6-11/h2-4,11H,5-6H2,1H3,(H,9,10). The summed E-state index contributed by atoms with van der Waals surface area (Å²) in [6.07, 6.45) is 0. The second-order valence-corrected chi connectivity index (χ2v) is 2.22. The number of aliphatic hydroxyl groups excluding tert-OH is 1. The fourth-order valence-electron chi connectivity index (χ4n) is 0.811. The van der Waals surface area contributed by atoms with E-state index in [2.05, 4.69) is 10.3 Å². The number of pyridine rings is 1. The average molecular weight is 168 g/mol. The maximum atomic E-state index is 8.53. The van der Waals surface area contributed by atoms with Crippen LogP contribution in [0.3, 0.4) is 0 Å². The number of nitrogens with one attached hydrogen (secondary N) is 1. The van der Waals surface area contributed by atoms with Crippen molar-refractivity contribution in [1.29, 1.82) is 0 Å². The van der Waals surface area contributed by atoms with Crippen molar-refractivity contribution in [3.05, 3.63) is 18.2 Å². The van der Waals surface area contributed by atoms with Crippen LogP contribution in [0, 0.1) is 0 Å². The highest BCUT2D eigenvalue weighted by atomic mass is 16.5. The van der Waals surface area contributed by atoms with E-state index in [1.807, 2.05) is 12.1 Å². The van der Waals surface area contributed by atoms with Crippen LogP contribution < -0.4 is 10.1 Å². The van der Waals surface area contributed by atoms with Gasteiger partial charge in [-0.15, -0.1) is 0 Å². The van der Waals surface area contributed by atoms with Crippen molar-refractivity contribution in [3.63, 3.8) is 0 Å². The van der Waals surface area contributed by atoms with Gasteiger partial charge in [0.1, 0.15) is 5.82 Å². The van der Waals surface area contributed by atoms with Crippen molar-refractivity contribution in [2.45, 2.75) is 0 Å². The van der Waals surface area contributed by atoms with Crippen LogP contribution in [0.5, 0.6) is 5.88 Å². The van der Waals surface area contributed by atoms with Crippen molar-refractivity contribution in [2.75, 3.05) is 25.6 Å². The maximum absolute atomic E-state index is 8.53. The molecule has 0 radical (unpaired) electrons. The molecule has 0 aliphatic heterocycles. The van der Waals surface area contributed by atoms with Crippen molar-refractivity contribution in [1.82, 2.24) is 4.98 Å². The summed E-state index contributed by atoms with van der Waals surface area (Å²) in [7, 11) is 1.57. The zero-order valence-corrected chi connectivity index (χ0v) is 6.95. The van der Waals surface area contributed by atoms with Crippen LogP contribution in [0.1, 0.15) is 0 Å². The van der Waals surface area contributed by atoms with Crippen LogP contribution in [0.2, 0.25) is 0 Å². The van der Waals surface area contributed by atoms with Crippen LogP contribution >= 0.6 is 0 Å². The third-order valence-electron chi connectivity index (χ3n) is 1.35. The number of aromatic nitrogens is 1. The summed E-state index contributed by atoms with van der Waals surface area (Å²) in [5.74, 6) is 1.28. The van der Waals surface area contributed by atoms with Gasteiger partial charge < -0.3 is 15.2 Å². The molecular formula is C8H12N2O2. The minimum Gasteiger partial charge on any atom is -0.481 e. The summed E-state index contributed by atoms with van der Waals surface area (Å²) in [5.41, 5.74) is 0. The highest BCUT2D eigenvalue weighted by Crippen LogP contribution is 2.09. The Morgan fingerprint density at radius 2 is 2.42 bits per heavy atom. The first kappa shape index (κ1) is 8.80. The third-order valence-corrected chi connectivity index (χ3v) is 1.35. The quantitative estimate of drug-likeness (QED) is 0.687. The average Bonchev–Trinajstić information content (AvgIpc) is 2.15. The molecule has 12 heavy (non-hydrogen) atoms. The van der Waals surface area contributed by atoms with Crippen molar-refractivity contribution < 1.29 is 9.84 Å². The molecular weight excluding hydrogens is 156 g/mol. The molecule has 0 unspecified atom stereocenters. The third kappa shape index (κ3) is 2.39. The Hall–Kier alpha value is -1.29. The minimum absolute atomic E-state index is 0.0961. The van der Waals surface area contributed by atoms with E-state index in [0.717, 1.165) is 0 Å². The SMILES string of the molecule is COc1cccc(NCCO)n1. The molecule has 1 aromatic rings. The van der Waals surface area contributed by atoms with Crippen LogP contribution in [-0.4, -0.2) is 30.4 Å². The van der Waals surface area contributed by atoms with Crippen LogP contribution in [0.15, 0.2) is 18.2 Å². The predicted molar refractivity (Wildman–Crippen MR) is 46.4 cm³/mol. The molecule has 0 bridgehead atoms. The van der Waals surface area contributed by atoms with Crippen LogP contribution in [0.25, 0.3) is 0 Å². The second kappa shape index (κ2) is 4.56. The topological polar surface area (TPSA) is 54.4 Å². The molecule has 0 spiro atoms. The van der Waals surface area contributed by atoms with E-state index in [9.17, 15) is 0 Å². The van der Waals surface area contributed by atoms with E-state index in [1.165, 1.54) is 0 Å². The fourth-order valence-corrected chi connectivity index (χ4v) is 0.811. The van der Waals surface area contributed by atoms with Gasteiger partial charge in [-0.05, 0) is 6.07 Å². The minimum atomic E-state index is 0.0961. The highest BCUT2D eigenvalue weighted by Gasteiger charge is 1.94. The van der Waals surface area contributed by atoms with Crippen molar-refractivity contribution in [2.24, 2.45) is 0 Å². The summed E-state index contributed by atoms with van der Waals surface area (Å²) >= 11 is 0. The first-order valence-electron chi connectivity index (χ1n) is 3.72. The fraction of sp³-hybridized carbons (Fsp3) is 0.375. The molecule has 4 nitrogen and oxygen atoms in total. The van der Waals surface area contributed by atoms with Gasteiger partial charge in [-0.1, -0.05) is 6.07 Å². The molecule has 0 saturated carbocycles. The van der Waals surface area contributed by atoms with Gasteiger partial charge in [-0.3, -0.25) is 0 Å². The number of hydrogen-bond donors (Lipinski definition) is 2. The molecule has 1 rings (SSSR count). The van der Waals surface area contributed by atoms with Crippen LogP contribution in [0.4, 0.5) is 5.82 Å². The summed E-state index contributed by atoms with van der Waals surface area (Å²) in [6, 6.07) is 5.42. The van der Waals surface area contributed by atoms with Gasteiger partial charge in [0.05, 0.1) is 13.7 Å². The lowest BCUT2D eigenvalue weighted by Crippen LogP contribution is -2.06. The lowest BCUT2D eigenvalue weighted by molar-refractivity contribution is 0.311. The molecule has 0 aliphatic carbocycles. The lowest BCUT2D eigenvalue weighted by atomic mass is 10.4. The molecule has 1 aromatic heterocycles. The Balaban J connectivity index is 2.60. The molecule has 0 saturated heterocycles. The Labute approximate surface area is 71.2 Å². The summed E-state index contributed by atoms with van der Waals surface area (Å²) in [4.78, 5) is 4.08. The first-order chi connectivity index (χ1) is 5.86. The van der Waals surface area contributed by atoms with Crippen molar-refractivity contribution >= 4 is 5.82 Å². The van der Waals surface area contributed by atoms with E-state index >= 15 is 0 Å². The Kier molecular flexibility index (Phi) is 3.35. The van der Waals surface area contributed by atoms with Gasteiger partial charge in [0.25, 0.3) is 0 Å². The summed E-state index contributed by atoms with van der Waals surface area (Å²) in [5, 5.41) is 11.5. The monoisotopic (exact) mass is 168 g/mol. The number of hydrogen-bond acceptors (Lipinski definition) is 4. The van der Waals surface area contributed by atoms with Crippen molar-refractivity contribution in [3.8, 4) is 5.88 Å². The molecule has 4 heteroatoms. The van der Waals surface area contributed by atoms with E-state index in [-0.39, 0.29) is 6.61 Å². The maximum Gasteiger partial charge on any atom is 0.214 e. The molecule has 0 atom stereocenters. The number of methoxy groups -OCH3 is 1. The molecule has 0 aromatic carbocycles. The smallest absolute Gasteiger partial charge is 0.214 e. The number of rotatable bonds is 4. The number of nitrogens with zero attached hydrogens (tertiary/aromatic N) is 1. The van der Waals surface area contributed by atoms with E-state index in [0.29, 0.717) is 18.2 Å². The zero-order valence-electron chi connectivity index (χ0n) is 6.95. The lowest BCUT2D eigenvalue weighted by Gasteiger charge is -2.04. The van der Waals surface area contributed by atoms with Gasteiger partial charge in [-0.2, -0.15) is 4.98 Å². The summed E-state index contributed by atoms with van der Waals surface area (Å²) in [6.45, 7) is 0.596. The van der Waals surface area contributed by atoms with E-state index < -0.39 is 0 Å². The van der Waals surface area contributed by atoms with E-state index in [1.54, 1.807) is 13.2 Å². The van der Waals surface area contributed by atoms with Gasteiger partial charge in [0.15, 0.2) is 0 Å². The number of aliphatic hydroxyl groups is 1. The molecule has 66 valence electrons. The molecule has 0 aliphatic rings. The van der Waals surface area contributed by atoms with Gasteiger partial charge >= 0.3 is 0 Å². The largest absolute Gasteiger partial charge is 0.481 e. The van der Waals surface area contributed by atoms with Gasteiger partial charge in [0.2, 0.25) is 5.88 Å². The van der Waals surface area contributed by atoms with Crippen LogP contribution in [-0.2, 0) is 0 Å².